The Balaban J connectivity index is 1.13. The summed E-state index contributed by atoms with van der Waals surface area (Å²) in [6, 6.07) is 60.7. The summed E-state index contributed by atoms with van der Waals surface area (Å²) in [5.41, 5.74) is 18.0. The van der Waals surface area contributed by atoms with Crippen LogP contribution in [0.1, 0.15) is 47.2 Å². The van der Waals surface area contributed by atoms with E-state index in [0.717, 1.165) is 33.2 Å². The Bertz CT molecular complexity index is 3320. The molecule has 0 saturated carbocycles. The largest absolute Gasteiger partial charge is 0.278 e. The summed E-state index contributed by atoms with van der Waals surface area (Å²) in [5.74, 6) is 0.689. The second-order valence-electron chi connectivity index (χ2n) is 16.1. The van der Waals surface area contributed by atoms with Crippen molar-refractivity contribution < 1.29 is 0 Å². The molecule has 2 heterocycles. The number of nitrogens with zero attached hydrogens (tertiary/aromatic N) is 3. The SMILES string of the molecule is CC1(C)c2ccccc2-c2ccc(-c3nc(-n4c5cccc6c5c5c7c(cccc7ccc54)C64c5ccccc5-c5ccccc54)nc4ccccc34)cc21. The Kier molecular flexibility index (Phi) is 5.39. The van der Waals surface area contributed by atoms with Crippen LogP contribution in [0.2, 0.25) is 0 Å². The molecule has 55 heavy (non-hydrogen) atoms. The van der Waals surface area contributed by atoms with Gasteiger partial charge in [0.15, 0.2) is 0 Å². The van der Waals surface area contributed by atoms with E-state index in [1.54, 1.807) is 0 Å². The fourth-order valence-corrected chi connectivity index (χ4v) is 11.0. The summed E-state index contributed by atoms with van der Waals surface area (Å²) < 4.78 is 2.33. The number of rotatable bonds is 2. The van der Waals surface area contributed by atoms with Gasteiger partial charge in [-0.05, 0) is 90.7 Å². The average molecular weight is 700 g/mol. The van der Waals surface area contributed by atoms with Gasteiger partial charge < -0.3 is 0 Å². The highest BCUT2D eigenvalue weighted by Crippen LogP contribution is 2.62. The molecule has 8 aromatic carbocycles. The molecule has 3 aliphatic rings. The number of hydrogen-bond donors (Lipinski definition) is 0. The highest BCUT2D eigenvalue weighted by atomic mass is 15.2. The molecule has 13 rings (SSSR count). The van der Waals surface area contributed by atoms with Crippen molar-refractivity contribution >= 4 is 43.5 Å². The van der Waals surface area contributed by atoms with Crippen LogP contribution in [-0.4, -0.2) is 14.5 Å². The molecule has 10 aromatic rings. The molecule has 0 N–H and O–H groups in total. The highest BCUT2D eigenvalue weighted by Gasteiger charge is 2.50. The lowest BCUT2D eigenvalue weighted by atomic mass is 9.63. The summed E-state index contributed by atoms with van der Waals surface area (Å²) in [5, 5.41) is 6.18. The van der Waals surface area contributed by atoms with Crippen molar-refractivity contribution in [2.45, 2.75) is 24.7 Å². The molecule has 1 spiro atoms. The van der Waals surface area contributed by atoms with Gasteiger partial charge in [-0.15, -0.1) is 0 Å². The van der Waals surface area contributed by atoms with Crippen molar-refractivity contribution in [2.75, 3.05) is 0 Å². The minimum absolute atomic E-state index is 0.113. The van der Waals surface area contributed by atoms with Crippen LogP contribution in [-0.2, 0) is 10.8 Å². The van der Waals surface area contributed by atoms with Crippen LogP contribution in [0.4, 0.5) is 0 Å². The number of fused-ring (bicyclic) bond motifs is 11. The van der Waals surface area contributed by atoms with Gasteiger partial charge in [-0.2, -0.15) is 0 Å². The zero-order chi connectivity index (χ0) is 36.2. The fraction of sp³-hybridized carbons (Fsp3) is 0.0769. The molecule has 2 aromatic heterocycles. The van der Waals surface area contributed by atoms with Gasteiger partial charge in [-0.3, -0.25) is 4.57 Å². The lowest BCUT2D eigenvalue weighted by molar-refractivity contribution is 0.660. The monoisotopic (exact) mass is 699 g/mol. The van der Waals surface area contributed by atoms with Crippen molar-refractivity contribution in [3.05, 3.63) is 197 Å². The predicted molar refractivity (Wildman–Crippen MR) is 225 cm³/mol. The van der Waals surface area contributed by atoms with Gasteiger partial charge in [0.05, 0.1) is 27.7 Å². The third-order valence-electron chi connectivity index (χ3n) is 13.2. The number of benzene rings is 8. The molecule has 256 valence electrons. The molecule has 0 saturated heterocycles. The first-order valence-electron chi connectivity index (χ1n) is 19.3. The molecular formula is C52H33N3. The summed E-state index contributed by atoms with van der Waals surface area (Å²) >= 11 is 0. The van der Waals surface area contributed by atoms with Gasteiger partial charge in [-0.25, -0.2) is 9.97 Å². The summed E-state index contributed by atoms with van der Waals surface area (Å²) in [6.45, 7) is 4.68. The highest BCUT2D eigenvalue weighted by molar-refractivity contribution is 6.26. The summed E-state index contributed by atoms with van der Waals surface area (Å²) in [7, 11) is 0. The average Bonchev–Trinajstić information content (AvgIpc) is 3.81. The van der Waals surface area contributed by atoms with E-state index in [0.29, 0.717) is 5.95 Å². The first-order chi connectivity index (χ1) is 27.0. The van der Waals surface area contributed by atoms with Gasteiger partial charge >= 0.3 is 0 Å². The molecule has 0 amide bonds. The zero-order valence-corrected chi connectivity index (χ0v) is 30.4. The van der Waals surface area contributed by atoms with E-state index in [4.69, 9.17) is 9.97 Å². The Morgan fingerprint density at radius 3 is 1.82 bits per heavy atom. The second-order valence-corrected chi connectivity index (χ2v) is 16.1. The van der Waals surface area contributed by atoms with E-state index >= 15 is 0 Å². The van der Waals surface area contributed by atoms with Gasteiger partial charge in [0.2, 0.25) is 5.95 Å². The summed E-state index contributed by atoms with van der Waals surface area (Å²) in [6.07, 6.45) is 0. The standard InChI is InChI=1S/C52H33N3/c1-51(2)37-18-7-3-14-32(37)35-27-25-31(29-42(35)51)49-36-17-6-10-23-43(36)53-50(54-49)55-44-24-12-22-41-47(44)48-45(55)28-26-30-13-11-21-40(46(30)48)52(41)38-19-8-4-15-33(38)34-16-5-9-20-39(34)52/h3-29H,1-2H3. The number of hydrogen-bond acceptors (Lipinski definition) is 2. The fourth-order valence-electron chi connectivity index (χ4n) is 11.0. The smallest absolute Gasteiger partial charge is 0.235 e. The predicted octanol–water partition coefficient (Wildman–Crippen LogP) is 12.5. The molecule has 3 heteroatoms. The van der Waals surface area contributed by atoms with Crippen LogP contribution in [0.15, 0.2) is 164 Å². The number of aromatic nitrogens is 3. The Hall–Kier alpha value is -6.84. The van der Waals surface area contributed by atoms with Crippen LogP contribution in [0, 0.1) is 0 Å². The van der Waals surface area contributed by atoms with Gasteiger partial charge in [-0.1, -0.05) is 153 Å². The molecule has 0 atom stereocenters. The Morgan fingerprint density at radius 1 is 0.436 bits per heavy atom. The quantitative estimate of drug-likeness (QED) is 0.180. The van der Waals surface area contributed by atoms with E-state index in [1.807, 2.05) is 0 Å². The van der Waals surface area contributed by atoms with Crippen LogP contribution in [0.25, 0.3) is 82.9 Å². The Morgan fingerprint density at radius 2 is 1.04 bits per heavy atom. The van der Waals surface area contributed by atoms with Crippen molar-refractivity contribution in [3.8, 4) is 39.5 Å². The van der Waals surface area contributed by atoms with Gasteiger partial charge in [0, 0.05) is 27.1 Å². The van der Waals surface area contributed by atoms with Crippen molar-refractivity contribution in [1.29, 1.82) is 0 Å². The maximum Gasteiger partial charge on any atom is 0.235 e. The molecule has 0 fully saturated rings. The maximum atomic E-state index is 5.58. The van der Waals surface area contributed by atoms with Crippen molar-refractivity contribution in [1.82, 2.24) is 14.5 Å². The lowest BCUT2D eigenvalue weighted by Crippen LogP contribution is -2.30. The van der Waals surface area contributed by atoms with E-state index in [1.165, 1.54) is 77.2 Å². The number of para-hydroxylation sites is 1. The topological polar surface area (TPSA) is 30.7 Å². The molecule has 0 unspecified atom stereocenters. The summed E-state index contributed by atoms with van der Waals surface area (Å²) in [4.78, 5) is 11.0. The van der Waals surface area contributed by atoms with Gasteiger partial charge in [0.1, 0.15) is 0 Å². The van der Waals surface area contributed by atoms with Crippen LogP contribution < -0.4 is 0 Å². The molecule has 0 bridgehead atoms. The van der Waals surface area contributed by atoms with Crippen LogP contribution in [0.3, 0.4) is 0 Å². The van der Waals surface area contributed by atoms with Crippen LogP contribution in [0.5, 0.6) is 0 Å². The normalized spacial score (nSPS) is 15.0. The first-order valence-corrected chi connectivity index (χ1v) is 19.3. The van der Waals surface area contributed by atoms with Gasteiger partial charge in [0.25, 0.3) is 0 Å². The third kappa shape index (κ3) is 3.44. The van der Waals surface area contributed by atoms with E-state index in [9.17, 15) is 0 Å². The third-order valence-corrected chi connectivity index (χ3v) is 13.2. The molecule has 3 nitrogen and oxygen atoms in total. The van der Waals surface area contributed by atoms with E-state index in [-0.39, 0.29) is 5.41 Å². The van der Waals surface area contributed by atoms with Crippen LogP contribution >= 0.6 is 0 Å². The second kappa shape index (κ2) is 10.0. The first kappa shape index (κ1) is 29.6. The minimum Gasteiger partial charge on any atom is -0.278 e. The molecule has 0 aliphatic heterocycles. The van der Waals surface area contributed by atoms with Crippen molar-refractivity contribution in [3.63, 3.8) is 0 Å². The van der Waals surface area contributed by atoms with Crippen molar-refractivity contribution in [2.24, 2.45) is 0 Å². The molecule has 0 radical (unpaired) electrons. The maximum absolute atomic E-state index is 5.58. The zero-order valence-electron chi connectivity index (χ0n) is 30.4. The van der Waals surface area contributed by atoms with E-state index in [2.05, 4.69) is 182 Å². The van der Waals surface area contributed by atoms with E-state index < -0.39 is 5.41 Å². The molecule has 3 aliphatic carbocycles. The molecular weight excluding hydrogens is 667 g/mol. The lowest BCUT2D eigenvalue weighted by Gasteiger charge is -2.37. The minimum atomic E-state index is -0.454. The Labute approximate surface area is 318 Å².